The summed E-state index contributed by atoms with van der Waals surface area (Å²) in [5.74, 6) is -4.26. The van der Waals surface area contributed by atoms with Crippen molar-refractivity contribution in [1.29, 1.82) is 0 Å². The minimum Gasteiger partial charge on any atom is -0.393 e. The molecule has 0 amide bonds. The van der Waals surface area contributed by atoms with Crippen LogP contribution in [0.4, 0.5) is 13.2 Å². The van der Waals surface area contributed by atoms with Gasteiger partial charge in [0.15, 0.2) is 11.6 Å². The van der Waals surface area contributed by atoms with Crippen molar-refractivity contribution in [3.63, 3.8) is 0 Å². The van der Waals surface area contributed by atoms with Gasteiger partial charge in [-0.3, -0.25) is 0 Å². The van der Waals surface area contributed by atoms with Crippen LogP contribution in [0.25, 0.3) is 0 Å². The number of halogens is 3. The van der Waals surface area contributed by atoms with Crippen LogP contribution in [0, 0.1) is 29.3 Å². The van der Waals surface area contributed by atoms with Crippen LogP contribution in [0.2, 0.25) is 0 Å². The fourth-order valence-electron chi connectivity index (χ4n) is 2.87. The molecule has 3 rings (SSSR count). The standard InChI is InChI=1S/C12H12F3NO3S/c13-8-2-10(15)12(3-9(8)14)20(18,19)16-4-6-1-11(17)7(6)5-16/h2-3,6-7,11,17H,1,4-5H2/t6-,7+,11-/m1/s1. The van der Waals surface area contributed by atoms with Crippen molar-refractivity contribution in [3.8, 4) is 0 Å². The van der Waals surface area contributed by atoms with E-state index in [0.717, 1.165) is 4.31 Å². The maximum absolute atomic E-state index is 13.6. The predicted molar refractivity (Wildman–Crippen MR) is 62.7 cm³/mol. The molecule has 8 heteroatoms. The molecule has 4 nitrogen and oxygen atoms in total. The first-order valence-corrected chi connectivity index (χ1v) is 7.57. The largest absolute Gasteiger partial charge is 0.393 e. The number of hydrogen-bond donors (Lipinski definition) is 1. The lowest BCUT2D eigenvalue weighted by Gasteiger charge is -2.34. The zero-order valence-electron chi connectivity index (χ0n) is 10.3. The molecule has 20 heavy (non-hydrogen) atoms. The third-order valence-electron chi connectivity index (χ3n) is 4.09. The van der Waals surface area contributed by atoms with Gasteiger partial charge >= 0.3 is 0 Å². The van der Waals surface area contributed by atoms with E-state index >= 15 is 0 Å². The van der Waals surface area contributed by atoms with Crippen LogP contribution in [0.3, 0.4) is 0 Å². The molecular weight excluding hydrogens is 295 g/mol. The lowest BCUT2D eigenvalue weighted by Crippen LogP contribution is -2.39. The normalized spacial score (nSPS) is 30.1. The maximum Gasteiger partial charge on any atom is 0.246 e. The SMILES string of the molecule is O=S(=O)(c1cc(F)c(F)cc1F)N1C[C@H]2C[C@@H](O)[C@H]2C1. The Hall–Kier alpha value is -1.12. The Morgan fingerprint density at radius 2 is 1.75 bits per heavy atom. The molecule has 1 saturated carbocycles. The summed E-state index contributed by atoms with van der Waals surface area (Å²) in [6.45, 7) is 0.245. The summed E-state index contributed by atoms with van der Waals surface area (Å²) in [4.78, 5) is -0.868. The summed E-state index contributed by atoms with van der Waals surface area (Å²) in [5.41, 5.74) is 0. The van der Waals surface area contributed by atoms with Crippen LogP contribution in [0.1, 0.15) is 6.42 Å². The second kappa shape index (κ2) is 4.44. The molecule has 0 unspecified atom stereocenters. The van der Waals surface area contributed by atoms with Crippen molar-refractivity contribution >= 4 is 10.0 Å². The number of aliphatic hydroxyl groups excluding tert-OH is 1. The van der Waals surface area contributed by atoms with Gasteiger partial charge in [-0.2, -0.15) is 4.31 Å². The van der Waals surface area contributed by atoms with E-state index in [1.54, 1.807) is 0 Å². The van der Waals surface area contributed by atoms with Gasteiger partial charge in [0.2, 0.25) is 10.0 Å². The summed E-state index contributed by atoms with van der Waals surface area (Å²) in [5, 5.41) is 9.50. The van der Waals surface area contributed by atoms with Crippen LogP contribution >= 0.6 is 0 Å². The summed E-state index contributed by atoms with van der Waals surface area (Å²) < 4.78 is 65.1. The van der Waals surface area contributed by atoms with Crippen LogP contribution in [-0.4, -0.2) is 37.0 Å². The van der Waals surface area contributed by atoms with Gasteiger partial charge in [0, 0.05) is 25.1 Å². The van der Waals surface area contributed by atoms with Crippen molar-refractivity contribution < 1.29 is 26.7 Å². The summed E-state index contributed by atoms with van der Waals surface area (Å²) in [6, 6.07) is 0.582. The average Bonchev–Trinajstić information content (AvgIpc) is 2.71. The second-order valence-electron chi connectivity index (χ2n) is 5.25. The van der Waals surface area contributed by atoms with Crippen LogP contribution in [-0.2, 0) is 10.0 Å². The molecule has 1 aromatic carbocycles. The lowest BCUT2D eigenvalue weighted by atomic mass is 9.74. The van der Waals surface area contributed by atoms with E-state index in [9.17, 15) is 26.7 Å². The molecule has 1 aliphatic carbocycles. The molecule has 1 aromatic rings. The highest BCUT2D eigenvalue weighted by atomic mass is 32.2. The van der Waals surface area contributed by atoms with E-state index < -0.39 is 38.5 Å². The fourth-order valence-corrected chi connectivity index (χ4v) is 4.46. The van der Waals surface area contributed by atoms with Gasteiger partial charge in [0.25, 0.3) is 0 Å². The molecule has 3 atom stereocenters. The number of benzene rings is 1. The lowest BCUT2D eigenvalue weighted by molar-refractivity contribution is -0.00416. The minimum atomic E-state index is -4.22. The van der Waals surface area contributed by atoms with Gasteiger partial charge in [0.05, 0.1) is 6.10 Å². The Bertz CT molecular complexity index is 664. The monoisotopic (exact) mass is 307 g/mol. The smallest absolute Gasteiger partial charge is 0.246 e. The van der Waals surface area contributed by atoms with Gasteiger partial charge in [-0.25, -0.2) is 21.6 Å². The van der Waals surface area contributed by atoms with Crippen molar-refractivity contribution in [2.24, 2.45) is 11.8 Å². The zero-order chi connectivity index (χ0) is 14.7. The quantitative estimate of drug-likeness (QED) is 0.833. The number of fused-ring (bicyclic) bond motifs is 1. The molecule has 0 radical (unpaired) electrons. The van der Waals surface area contributed by atoms with Gasteiger partial charge in [-0.15, -0.1) is 0 Å². The first kappa shape index (κ1) is 13.8. The van der Waals surface area contributed by atoms with Crippen LogP contribution in [0.5, 0.6) is 0 Å². The Balaban J connectivity index is 1.95. The number of sulfonamides is 1. The Labute approximate surface area is 113 Å². The molecule has 1 aliphatic heterocycles. The second-order valence-corrected chi connectivity index (χ2v) is 7.15. The Morgan fingerprint density at radius 1 is 1.10 bits per heavy atom. The number of rotatable bonds is 2. The van der Waals surface area contributed by atoms with E-state index in [1.165, 1.54) is 0 Å². The Morgan fingerprint density at radius 3 is 2.35 bits per heavy atom. The number of nitrogens with zero attached hydrogens (tertiary/aromatic N) is 1. The van der Waals surface area contributed by atoms with E-state index in [-0.39, 0.29) is 31.0 Å². The topological polar surface area (TPSA) is 57.6 Å². The van der Waals surface area contributed by atoms with Gasteiger partial charge in [-0.1, -0.05) is 0 Å². The molecule has 110 valence electrons. The minimum absolute atomic E-state index is 0.0492. The summed E-state index contributed by atoms with van der Waals surface area (Å²) >= 11 is 0. The molecule has 0 aromatic heterocycles. The van der Waals surface area contributed by atoms with E-state index in [0.29, 0.717) is 12.5 Å². The van der Waals surface area contributed by atoms with Crippen molar-refractivity contribution in [1.82, 2.24) is 4.31 Å². The van der Waals surface area contributed by atoms with E-state index in [4.69, 9.17) is 0 Å². The molecule has 0 bridgehead atoms. The zero-order valence-corrected chi connectivity index (χ0v) is 11.1. The fraction of sp³-hybridized carbons (Fsp3) is 0.500. The predicted octanol–water partition coefficient (Wildman–Crippen LogP) is 1.11. The van der Waals surface area contributed by atoms with E-state index in [2.05, 4.69) is 0 Å². The Kier molecular flexibility index (Phi) is 3.07. The van der Waals surface area contributed by atoms with E-state index in [1.807, 2.05) is 0 Å². The van der Waals surface area contributed by atoms with Gasteiger partial charge < -0.3 is 5.11 Å². The molecule has 1 N–H and O–H groups in total. The highest BCUT2D eigenvalue weighted by molar-refractivity contribution is 7.89. The van der Waals surface area contributed by atoms with Crippen LogP contribution < -0.4 is 0 Å². The molecule has 1 heterocycles. The van der Waals surface area contributed by atoms with Gasteiger partial charge in [0.1, 0.15) is 10.7 Å². The number of hydrogen-bond acceptors (Lipinski definition) is 3. The third kappa shape index (κ3) is 1.94. The molecule has 2 aliphatic rings. The number of aliphatic hydroxyl groups is 1. The van der Waals surface area contributed by atoms with Crippen molar-refractivity contribution in [3.05, 3.63) is 29.6 Å². The molecule has 2 fully saturated rings. The third-order valence-corrected chi connectivity index (χ3v) is 5.94. The highest BCUT2D eigenvalue weighted by Gasteiger charge is 2.49. The highest BCUT2D eigenvalue weighted by Crippen LogP contribution is 2.42. The molecular formula is C12H12F3NO3S. The van der Waals surface area contributed by atoms with Crippen LogP contribution in [0.15, 0.2) is 17.0 Å². The van der Waals surface area contributed by atoms with Crippen molar-refractivity contribution in [2.75, 3.05) is 13.1 Å². The van der Waals surface area contributed by atoms with Crippen molar-refractivity contribution in [2.45, 2.75) is 17.4 Å². The summed E-state index contributed by atoms with van der Waals surface area (Å²) in [6.07, 6.45) is -0.0354. The molecule has 1 saturated heterocycles. The molecule has 0 spiro atoms. The average molecular weight is 307 g/mol. The van der Waals surface area contributed by atoms with Gasteiger partial charge in [-0.05, 0) is 18.4 Å². The summed E-state index contributed by atoms with van der Waals surface area (Å²) in [7, 11) is -4.22. The maximum atomic E-state index is 13.6. The first-order chi connectivity index (χ1) is 9.30. The first-order valence-electron chi connectivity index (χ1n) is 6.13.